The second-order valence-corrected chi connectivity index (χ2v) is 4.10. The molecule has 86 valence electrons. The Morgan fingerprint density at radius 2 is 2.31 bits per heavy atom. The van der Waals surface area contributed by atoms with E-state index in [0.29, 0.717) is 12.4 Å². The Bertz CT molecular complexity index is 424. The van der Waals surface area contributed by atoms with Crippen LogP contribution in [0.4, 0.5) is 5.82 Å². The maximum absolute atomic E-state index is 11.9. The molecular weight excluding hydrogens is 208 g/mol. The summed E-state index contributed by atoms with van der Waals surface area (Å²) < 4.78 is 0. The average molecular weight is 222 g/mol. The zero-order valence-corrected chi connectivity index (χ0v) is 8.82. The number of H-pyrrole nitrogens is 1. The third kappa shape index (κ3) is 1.83. The summed E-state index contributed by atoms with van der Waals surface area (Å²) in [5, 5.41) is 8.64. The van der Waals surface area contributed by atoms with Gasteiger partial charge in [-0.2, -0.15) is 5.10 Å². The average Bonchev–Trinajstić information content (AvgIpc) is 2.21. The standard InChI is InChI=1S/C10H14N4O2/c11-6-10(4-1-5-10)9(16)12-7-2-3-8(15)14-13-7/h2-3H,1,4-6,11H2,(H,14,15)(H,12,13,16). The number of carbonyl (C=O) groups is 1. The summed E-state index contributed by atoms with van der Waals surface area (Å²) in [6.07, 6.45) is 2.67. The Morgan fingerprint density at radius 3 is 2.75 bits per heavy atom. The lowest BCUT2D eigenvalue weighted by atomic mass is 9.68. The van der Waals surface area contributed by atoms with Crippen LogP contribution in [-0.4, -0.2) is 22.6 Å². The van der Waals surface area contributed by atoms with Crippen LogP contribution in [-0.2, 0) is 4.79 Å². The highest BCUT2D eigenvalue weighted by atomic mass is 16.2. The number of hydrogen-bond acceptors (Lipinski definition) is 4. The number of nitrogens with zero attached hydrogens (tertiary/aromatic N) is 1. The first kappa shape index (κ1) is 10.8. The van der Waals surface area contributed by atoms with Gasteiger partial charge in [-0.1, -0.05) is 6.42 Å². The van der Waals surface area contributed by atoms with Gasteiger partial charge in [0, 0.05) is 12.6 Å². The third-order valence-corrected chi connectivity index (χ3v) is 3.10. The second-order valence-electron chi connectivity index (χ2n) is 4.10. The highest BCUT2D eigenvalue weighted by Crippen LogP contribution is 2.40. The number of anilines is 1. The molecule has 0 spiro atoms. The maximum Gasteiger partial charge on any atom is 0.264 e. The SMILES string of the molecule is NCC1(C(=O)Nc2ccc(=O)[nH]n2)CCC1. The first-order valence-electron chi connectivity index (χ1n) is 5.24. The van der Waals surface area contributed by atoms with Crippen LogP contribution in [0.5, 0.6) is 0 Å². The fraction of sp³-hybridized carbons (Fsp3) is 0.500. The van der Waals surface area contributed by atoms with Gasteiger partial charge in [0.05, 0.1) is 5.41 Å². The summed E-state index contributed by atoms with van der Waals surface area (Å²) >= 11 is 0. The Labute approximate surface area is 92.2 Å². The van der Waals surface area contributed by atoms with Crippen LogP contribution in [0.25, 0.3) is 0 Å². The number of nitrogens with two attached hydrogens (primary N) is 1. The normalized spacial score (nSPS) is 17.6. The van der Waals surface area contributed by atoms with Crippen LogP contribution in [0.3, 0.4) is 0 Å². The Morgan fingerprint density at radius 1 is 1.56 bits per heavy atom. The van der Waals surface area contributed by atoms with Crippen molar-refractivity contribution in [2.24, 2.45) is 11.1 Å². The molecule has 0 unspecified atom stereocenters. The molecule has 0 saturated heterocycles. The lowest BCUT2D eigenvalue weighted by molar-refractivity contribution is -0.129. The molecule has 1 heterocycles. The van der Waals surface area contributed by atoms with Crippen LogP contribution >= 0.6 is 0 Å². The smallest absolute Gasteiger partial charge is 0.264 e. The van der Waals surface area contributed by atoms with Gasteiger partial charge in [0.15, 0.2) is 5.82 Å². The molecule has 6 heteroatoms. The summed E-state index contributed by atoms with van der Waals surface area (Å²) in [5.41, 5.74) is 4.88. The number of rotatable bonds is 3. The minimum atomic E-state index is -0.433. The Balaban J connectivity index is 2.07. The maximum atomic E-state index is 11.9. The molecular formula is C10H14N4O2. The van der Waals surface area contributed by atoms with E-state index in [0.717, 1.165) is 19.3 Å². The van der Waals surface area contributed by atoms with Crippen molar-refractivity contribution in [3.05, 3.63) is 22.5 Å². The number of carbonyl (C=O) groups excluding carboxylic acids is 1. The first-order valence-corrected chi connectivity index (χ1v) is 5.24. The molecule has 0 aliphatic heterocycles. The third-order valence-electron chi connectivity index (χ3n) is 3.10. The highest BCUT2D eigenvalue weighted by molar-refractivity contribution is 5.95. The van der Waals surface area contributed by atoms with E-state index in [9.17, 15) is 9.59 Å². The summed E-state index contributed by atoms with van der Waals surface area (Å²) in [6.45, 7) is 0.349. The Hall–Kier alpha value is -1.69. The monoisotopic (exact) mass is 222 g/mol. The molecule has 2 rings (SSSR count). The number of amides is 1. The van der Waals surface area contributed by atoms with Gasteiger partial charge in [-0.25, -0.2) is 5.10 Å². The predicted octanol–water partition coefficient (Wildman–Crippen LogP) is -0.163. The molecule has 6 nitrogen and oxygen atoms in total. The first-order chi connectivity index (χ1) is 7.66. The van der Waals surface area contributed by atoms with E-state index in [1.54, 1.807) is 0 Å². The van der Waals surface area contributed by atoms with Crippen molar-refractivity contribution in [1.29, 1.82) is 0 Å². The number of aromatic nitrogens is 2. The van der Waals surface area contributed by atoms with Gasteiger partial charge < -0.3 is 11.1 Å². The van der Waals surface area contributed by atoms with Crippen molar-refractivity contribution in [2.45, 2.75) is 19.3 Å². The molecule has 0 radical (unpaired) electrons. The molecule has 1 aliphatic rings. The zero-order valence-electron chi connectivity index (χ0n) is 8.82. The molecule has 1 fully saturated rings. The van der Waals surface area contributed by atoms with Crippen molar-refractivity contribution >= 4 is 11.7 Å². The van der Waals surface area contributed by atoms with E-state index in [1.165, 1.54) is 12.1 Å². The summed E-state index contributed by atoms with van der Waals surface area (Å²) in [7, 11) is 0. The van der Waals surface area contributed by atoms with E-state index in [1.807, 2.05) is 0 Å². The molecule has 16 heavy (non-hydrogen) atoms. The molecule has 1 aromatic heterocycles. The quantitative estimate of drug-likeness (QED) is 0.661. The van der Waals surface area contributed by atoms with Gasteiger partial charge in [0.1, 0.15) is 0 Å². The minimum Gasteiger partial charge on any atom is -0.329 e. The van der Waals surface area contributed by atoms with E-state index in [2.05, 4.69) is 15.5 Å². The van der Waals surface area contributed by atoms with Crippen molar-refractivity contribution in [1.82, 2.24) is 10.2 Å². The Kier molecular flexibility index (Phi) is 2.74. The van der Waals surface area contributed by atoms with Crippen molar-refractivity contribution in [2.75, 3.05) is 11.9 Å². The van der Waals surface area contributed by atoms with Gasteiger partial charge in [0.2, 0.25) is 5.91 Å². The van der Waals surface area contributed by atoms with Crippen molar-refractivity contribution < 1.29 is 4.79 Å². The number of nitrogens with one attached hydrogen (secondary N) is 2. The van der Waals surface area contributed by atoms with Gasteiger partial charge in [0.25, 0.3) is 5.56 Å². The fourth-order valence-electron chi connectivity index (χ4n) is 1.79. The van der Waals surface area contributed by atoms with Gasteiger partial charge in [-0.3, -0.25) is 9.59 Å². The lowest BCUT2D eigenvalue weighted by Gasteiger charge is -2.38. The van der Waals surface area contributed by atoms with Gasteiger partial charge in [-0.15, -0.1) is 0 Å². The largest absolute Gasteiger partial charge is 0.329 e. The molecule has 1 saturated carbocycles. The topological polar surface area (TPSA) is 101 Å². The summed E-state index contributed by atoms with van der Waals surface area (Å²) in [4.78, 5) is 22.7. The predicted molar refractivity (Wildman–Crippen MR) is 58.8 cm³/mol. The molecule has 0 atom stereocenters. The van der Waals surface area contributed by atoms with E-state index in [-0.39, 0.29) is 11.5 Å². The highest BCUT2D eigenvalue weighted by Gasteiger charge is 2.42. The molecule has 1 aliphatic carbocycles. The van der Waals surface area contributed by atoms with Crippen molar-refractivity contribution in [3.8, 4) is 0 Å². The molecule has 4 N–H and O–H groups in total. The lowest BCUT2D eigenvalue weighted by Crippen LogP contribution is -2.47. The van der Waals surface area contributed by atoms with E-state index < -0.39 is 5.41 Å². The van der Waals surface area contributed by atoms with Crippen LogP contribution in [0.2, 0.25) is 0 Å². The van der Waals surface area contributed by atoms with Crippen LogP contribution in [0.1, 0.15) is 19.3 Å². The minimum absolute atomic E-state index is 0.110. The molecule has 0 bridgehead atoms. The molecule has 1 amide bonds. The van der Waals surface area contributed by atoms with Gasteiger partial charge in [-0.05, 0) is 18.9 Å². The van der Waals surface area contributed by atoms with E-state index in [4.69, 9.17) is 5.73 Å². The fourth-order valence-corrected chi connectivity index (χ4v) is 1.79. The summed E-state index contributed by atoms with van der Waals surface area (Å²) in [6, 6.07) is 2.79. The molecule has 1 aromatic rings. The van der Waals surface area contributed by atoms with E-state index >= 15 is 0 Å². The van der Waals surface area contributed by atoms with Crippen LogP contribution in [0.15, 0.2) is 16.9 Å². The summed E-state index contributed by atoms with van der Waals surface area (Å²) in [5.74, 6) is 0.241. The van der Waals surface area contributed by atoms with Crippen LogP contribution < -0.4 is 16.6 Å². The van der Waals surface area contributed by atoms with Gasteiger partial charge >= 0.3 is 0 Å². The number of hydrogen-bond donors (Lipinski definition) is 3. The molecule has 0 aromatic carbocycles. The zero-order chi connectivity index (χ0) is 11.6. The second kappa shape index (κ2) is 4.05. The number of aromatic amines is 1. The van der Waals surface area contributed by atoms with Crippen molar-refractivity contribution in [3.63, 3.8) is 0 Å². The van der Waals surface area contributed by atoms with Crippen LogP contribution in [0, 0.1) is 5.41 Å².